The van der Waals surface area contributed by atoms with Crippen molar-refractivity contribution in [3.63, 3.8) is 0 Å². The van der Waals surface area contributed by atoms with Crippen molar-refractivity contribution in [2.45, 2.75) is 65.2 Å². The molecule has 0 radical (unpaired) electrons. The molecule has 0 saturated carbocycles. The fourth-order valence-electron chi connectivity index (χ4n) is 4.57. The van der Waals surface area contributed by atoms with Crippen LogP contribution in [-0.4, -0.2) is 57.9 Å². The molecule has 0 unspecified atom stereocenters. The second kappa shape index (κ2) is 11.7. The third kappa shape index (κ3) is 6.32. The number of hydrogen-bond acceptors (Lipinski definition) is 5. The van der Waals surface area contributed by atoms with Crippen molar-refractivity contribution in [1.82, 2.24) is 19.4 Å². The van der Waals surface area contributed by atoms with Crippen LogP contribution in [0.25, 0.3) is 27.7 Å². The van der Waals surface area contributed by atoms with Crippen LogP contribution in [0.4, 0.5) is 5.82 Å². The molecule has 1 aliphatic heterocycles. The van der Waals surface area contributed by atoms with Crippen molar-refractivity contribution in [3.8, 4) is 0 Å². The molecule has 3 heterocycles. The predicted octanol–water partition coefficient (Wildman–Crippen LogP) is 5.47. The molecule has 4 rings (SSSR count). The molecule has 0 amide bonds. The summed E-state index contributed by atoms with van der Waals surface area (Å²) in [5.74, 6) is 1.02. The van der Waals surface area contributed by atoms with E-state index in [1.54, 1.807) is 0 Å². The van der Waals surface area contributed by atoms with E-state index in [1.807, 2.05) is 25.1 Å². The molecule has 0 bridgehead atoms. The molecule has 0 atom stereocenters. The molecule has 3 aromatic rings. The van der Waals surface area contributed by atoms with Crippen LogP contribution < -0.4 is 0 Å². The second-order valence-electron chi connectivity index (χ2n) is 9.29. The van der Waals surface area contributed by atoms with Gasteiger partial charge in [0.15, 0.2) is 0 Å². The van der Waals surface area contributed by atoms with Gasteiger partial charge in [-0.1, -0.05) is 24.3 Å². The summed E-state index contributed by atoms with van der Waals surface area (Å²) in [4.78, 5) is 11.8. The van der Waals surface area contributed by atoms with E-state index in [2.05, 4.69) is 34.4 Å². The monoisotopic (exact) mass is 544 g/mol. The number of nitrogens with zero attached hydrogens (tertiary/aromatic N) is 4. The zero-order valence-corrected chi connectivity index (χ0v) is 21.6. The Morgan fingerprint density at radius 2 is 1.85 bits per heavy atom. The van der Waals surface area contributed by atoms with E-state index in [0.717, 1.165) is 35.3 Å². The van der Waals surface area contributed by atoms with Gasteiger partial charge >= 0.3 is 0 Å². The maximum Gasteiger partial charge on any atom is 0.136 e. The third-order valence-corrected chi connectivity index (χ3v) is 6.20. The topological polar surface area (TPSA) is 76.2 Å². The largest absolute Gasteiger partial charge is 0.480 e. The molecule has 1 aliphatic rings. The Kier molecular flexibility index (Phi) is 9.26. The Balaban J connectivity index is 0.00000306. The van der Waals surface area contributed by atoms with E-state index in [-0.39, 0.29) is 31.8 Å². The van der Waals surface area contributed by atoms with Crippen LogP contribution in [0, 0.1) is 0 Å². The number of unbranched alkanes of at least 4 members (excludes halogenated alkanes) is 1. The number of rotatable bonds is 11. The summed E-state index contributed by atoms with van der Waals surface area (Å²) in [5, 5.41) is 1.01. The summed E-state index contributed by atoms with van der Waals surface area (Å²) in [5.41, 5.74) is 10.4. The van der Waals surface area contributed by atoms with Crippen molar-refractivity contribution in [3.05, 3.63) is 35.8 Å². The number of pyridine rings is 1. The fraction of sp³-hybridized carbons (Fsp3) is 0.600. The van der Waals surface area contributed by atoms with Gasteiger partial charge in [0.25, 0.3) is 0 Å². The van der Waals surface area contributed by atoms with Crippen LogP contribution in [-0.2, 0) is 43.0 Å². The van der Waals surface area contributed by atoms with Crippen LogP contribution in [0.15, 0.2) is 24.3 Å². The van der Waals surface area contributed by atoms with Gasteiger partial charge in [-0.25, -0.2) is 4.98 Å². The number of para-hydroxylation sites is 1. The van der Waals surface area contributed by atoms with Crippen molar-refractivity contribution in [2.24, 2.45) is 0 Å². The Morgan fingerprint density at radius 3 is 2.61 bits per heavy atom. The molecule has 8 heteroatoms. The number of benzene rings is 1. The van der Waals surface area contributed by atoms with Crippen LogP contribution >= 0.6 is 0 Å². The molecule has 33 heavy (non-hydrogen) atoms. The zero-order chi connectivity index (χ0) is 22.6. The van der Waals surface area contributed by atoms with Gasteiger partial charge in [-0.2, -0.15) is 0 Å². The SMILES string of the molecule is CCOCc1nc2c([NH-])nc3ccccc3c2n1CC(C)(C)OCCCCN1CCCC1.[Pd]. The smallest absolute Gasteiger partial charge is 0.136 e. The number of nitrogens with one attached hydrogen (secondary N) is 1. The second-order valence-corrected chi connectivity index (χ2v) is 9.29. The minimum Gasteiger partial charge on any atom is -0.480 e. The van der Waals surface area contributed by atoms with Crippen molar-refractivity contribution in [1.29, 1.82) is 0 Å². The van der Waals surface area contributed by atoms with E-state index >= 15 is 0 Å². The summed E-state index contributed by atoms with van der Waals surface area (Å²) in [7, 11) is 0. The van der Waals surface area contributed by atoms with Crippen LogP contribution in [0.3, 0.4) is 0 Å². The van der Waals surface area contributed by atoms with Crippen molar-refractivity contribution < 1.29 is 29.9 Å². The minimum absolute atomic E-state index is 0. The van der Waals surface area contributed by atoms with Crippen molar-refractivity contribution >= 4 is 27.8 Å². The van der Waals surface area contributed by atoms with E-state index in [4.69, 9.17) is 20.2 Å². The first-order valence-corrected chi connectivity index (χ1v) is 11.9. The fourth-order valence-corrected chi connectivity index (χ4v) is 4.57. The van der Waals surface area contributed by atoms with Gasteiger partial charge in [0.1, 0.15) is 12.4 Å². The van der Waals surface area contributed by atoms with Crippen molar-refractivity contribution in [2.75, 3.05) is 32.8 Å². The first-order valence-electron chi connectivity index (χ1n) is 11.9. The molecule has 1 saturated heterocycles. The van der Waals surface area contributed by atoms with Gasteiger partial charge in [-0.3, -0.25) is 0 Å². The van der Waals surface area contributed by atoms with E-state index in [0.29, 0.717) is 25.3 Å². The average molecular weight is 545 g/mol. The number of fused-ring (bicyclic) bond motifs is 3. The summed E-state index contributed by atoms with van der Waals surface area (Å²) in [6.45, 7) is 12.4. The van der Waals surface area contributed by atoms with Gasteiger partial charge in [-0.05, 0) is 77.4 Å². The minimum atomic E-state index is -0.366. The molecule has 1 fully saturated rings. The number of hydrogen-bond donors (Lipinski definition) is 0. The first kappa shape index (κ1) is 26.1. The number of likely N-dealkylation sites (tertiary alicyclic amines) is 1. The molecule has 0 spiro atoms. The number of ether oxygens (including phenoxy) is 2. The molecule has 0 aliphatic carbocycles. The molecule has 184 valence electrons. The zero-order valence-electron chi connectivity index (χ0n) is 20.0. The average Bonchev–Trinajstić information content (AvgIpc) is 3.40. The normalized spacial score (nSPS) is 14.9. The van der Waals surface area contributed by atoms with Gasteiger partial charge < -0.3 is 29.7 Å². The Bertz CT molecular complexity index is 1050. The summed E-state index contributed by atoms with van der Waals surface area (Å²) >= 11 is 0. The molecule has 1 aromatic carbocycles. The standard InChI is InChI=1S/C25H36N5O2.Pd/c1-4-31-17-21-28-22-23(19-11-5-6-12-20(19)27-24(22)26)30(21)18-25(2,3)32-16-10-9-15-29-13-7-8-14-29;/h5-6,11-12H,4,7-10,13-18H2,1-3H3,(H-,26,27);/q-1;. The quantitative estimate of drug-likeness (QED) is 0.236. The van der Waals surface area contributed by atoms with Crippen LogP contribution in [0.5, 0.6) is 0 Å². The van der Waals surface area contributed by atoms with Gasteiger partial charge in [0.2, 0.25) is 0 Å². The maximum atomic E-state index is 8.43. The Hall–Kier alpha value is -1.56. The number of aromatic nitrogens is 3. The molecule has 7 nitrogen and oxygen atoms in total. The molecule has 1 N–H and O–H groups in total. The van der Waals surface area contributed by atoms with E-state index in [9.17, 15) is 0 Å². The predicted molar refractivity (Wildman–Crippen MR) is 129 cm³/mol. The maximum absolute atomic E-state index is 8.43. The van der Waals surface area contributed by atoms with Gasteiger partial charge in [-0.15, -0.1) is 0 Å². The molecular weight excluding hydrogens is 509 g/mol. The third-order valence-electron chi connectivity index (χ3n) is 6.20. The van der Waals surface area contributed by atoms with Gasteiger partial charge in [0, 0.05) is 39.0 Å². The van der Waals surface area contributed by atoms with Crippen LogP contribution in [0.2, 0.25) is 0 Å². The van der Waals surface area contributed by atoms with Gasteiger partial charge in [0.05, 0.1) is 23.2 Å². The molecular formula is C25H36N5O2Pd-. The molecule has 2 aromatic heterocycles. The number of imidazole rings is 1. The Morgan fingerprint density at radius 1 is 1.09 bits per heavy atom. The Labute approximate surface area is 210 Å². The van der Waals surface area contributed by atoms with E-state index in [1.165, 1.54) is 38.9 Å². The van der Waals surface area contributed by atoms with Crippen LogP contribution in [0.1, 0.15) is 52.3 Å². The summed E-state index contributed by atoms with van der Waals surface area (Å²) < 4.78 is 14.2. The first-order chi connectivity index (χ1) is 15.5. The summed E-state index contributed by atoms with van der Waals surface area (Å²) in [6, 6.07) is 7.97. The summed E-state index contributed by atoms with van der Waals surface area (Å²) in [6.07, 6.45) is 4.94. The van der Waals surface area contributed by atoms with E-state index < -0.39 is 0 Å².